The molecule has 2 aliphatic heterocycles. The topological polar surface area (TPSA) is 54.3 Å². The lowest BCUT2D eigenvalue weighted by molar-refractivity contribution is -0.136. The summed E-state index contributed by atoms with van der Waals surface area (Å²) in [5.74, 6) is 0.259. The summed E-state index contributed by atoms with van der Waals surface area (Å²) in [4.78, 5) is 17.0. The molecule has 3 heterocycles. The highest BCUT2D eigenvalue weighted by atomic mass is 16.2. The summed E-state index contributed by atoms with van der Waals surface area (Å²) in [7, 11) is 1.85. The maximum Gasteiger partial charge on any atom is 0.223 e. The van der Waals surface area contributed by atoms with Crippen LogP contribution in [0.5, 0.6) is 0 Å². The average Bonchev–Trinajstić information content (AvgIpc) is 3.03. The molecule has 0 radical (unpaired) electrons. The molecule has 3 rings (SSSR count). The second-order valence-electron chi connectivity index (χ2n) is 6.07. The Balaban J connectivity index is 1.56. The van der Waals surface area contributed by atoms with Gasteiger partial charge in [0.1, 0.15) is 0 Å². The number of carbonyl (C=O) groups is 1. The number of hydrogen-bond acceptors (Lipinski definition) is 4. The van der Waals surface area contributed by atoms with Gasteiger partial charge in [-0.25, -0.2) is 0 Å². The minimum atomic E-state index is 0.259. The number of rotatable bonds is 3. The van der Waals surface area contributed by atoms with E-state index in [0.717, 1.165) is 18.8 Å². The maximum absolute atomic E-state index is 12.4. The van der Waals surface area contributed by atoms with E-state index in [1.165, 1.54) is 19.4 Å². The van der Waals surface area contributed by atoms with E-state index in [-0.39, 0.29) is 5.91 Å². The smallest absolute Gasteiger partial charge is 0.223 e. The van der Waals surface area contributed by atoms with Crippen LogP contribution < -0.4 is 0 Å². The number of piperazine rings is 1. The molecule has 2 aliphatic rings. The quantitative estimate of drug-likeness (QED) is 0.804. The molecule has 1 aromatic rings. The molecular formula is C14H23N5O. The highest BCUT2D eigenvalue weighted by molar-refractivity contribution is 5.77. The van der Waals surface area contributed by atoms with E-state index in [9.17, 15) is 4.79 Å². The van der Waals surface area contributed by atoms with Gasteiger partial charge in [-0.3, -0.25) is 14.4 Å². The first-order valence-corrected chi connectivity index (χ1v) is 7.52. The van der Waals surface area contributed by atoms with Gasteiger partial charge in [0.25, 0.3) is 0 Å². The molecule has 2 saturated heterocycles. The van der Waals surface area contributed by atoms with E-state index < -0.39 is 0 Å². The molecule has 0 N–H and O–H groups in total. The van der Waals surface area contributed by atoms with Gasteiger partial charge in [0.05, 0.1) is 5.69 Å². The molecule has 0 aromatic carbocycles. The standard InChI is InChI=1S/C14H23N5O/c1-11-8-18-7-3-4-13(18)10-19(11)14(20)6-5-12-9-17(2)16-15-12/h9,11,13H,3-8,10H2,1-2H3. The van der Waals surface area contributed by atoms with Crippen molar-refractivity contribution in [2.24, 2.45) is 7.05 Å². The zero-order chi connectivity index (χ0) is 14.1. The van der Waals surface area contributed by atoms with Crippen molar-refractivity contribution in [3.8, 4) is 0 Å². The molecule has 0 spiro atoms. The van der Waals surface area contributed by atoms with Gasteiger partial charge in [-0.15, -0.1) is 5.10 Å². The largest absolute Gasteiger partial charge is 0.337 e. The Hall–Kier alpha value is -1.43. The van der Waals surface area contributed by atoms with E-state index in [1.807, 2.05) is 13.2 Å². The molecule has 2 fully saturated rings. The van der Waals surface area contributed by atoms with Crippen LogP contribution in [0.25, 0.3) is 0 Å². The Bertz CT molecular complexity index is 486. The second kappa shape index (κ2) is 5.52. The summed E-state index contributed by atoms with van der Waals surface area (Å²) in [6.45, 7) is 5.30. The third kappa shape index (κ3) is 2.70. The van der Waals surface area contributed by atoms with Crippen LogP contribution in [-0.2, 0) is 18.3 Å². The number of nitrogens with zero attached hydrogens (tertiary/aromatic N) is 5. The van der Waals surface area contributed by atoms with Gasteiger partial charge in [-0.2, -0.15) is 0 Å². The van der Waals surface area contributed by atoms with Gasteiger partial charge in [-0.05, 0) is 26.3 Å². The number of carbonyl (C=O) groups excluding carboxylic acids is 1. The van der Waals surface area contributed by atoms with Crippen LogP contribution in [0.1, 0.15) is 31.9 Å². The van der Waals surface area contributed by atoms with E-state index in [0.29, 0.717) is 24.9 Å². The minimum absolute atomic E-state index is 0.259. The molecular weight excluding hydrogens is 254 g/mol. The van der Waals surface area contributed by atoms with Crippen LogP contribution in [0.4, 0.5) is 0 Å². The summed E-state index contributed by atoms with van der Waals surface area (Å²) in [5, 5.41) is 7.94. The van der Waals surface area contributed by atoms with Gasteiger partial charge in [0, 0.05) is 51.3 Å². The summed E-state index contributed by atoms with van der Waals surface area (Å²) >= 11 is 0. The third-order valence-electron chi connectivity index (χ3n) is 4.50. The molecule has 20 heavy (non-hydrogen) atoms. The summed E-state index contributed by atoms with van der Waals surface area (Å²) < 4.78 is 1.68. The van der Waals surface area contributed by atoms with Gasteiger partial charge < -0.3 is 4.90 Å². The first-order valence-electron chi connectivity index (χ1n) is 7.52. The molecule has 0 saturated carbocycles. The number of hydrogen-bond donors (Lipinski definition) is 0. The lowest BCUT2D eigenvalue weighted by Gasteiger charge is -2.42. The predicted molar refractivity (Wildman–Crippen MR) is 75.1 cm³/mol. The van der Waals surface area contributed by atoms with Crippen molar-refractivity contribution in [1.29, 1.82) is 0 Å². The van der Waals surface area contributed by atoms with Crippen LogP contribution in [0.3, 0.4) is 0 Å². The summed E-state index contributed by atoms with van der Waals surface area (Å²) in [6.07, 6.45) is 5.62. The molecule has 0 aliphatic carbocycles. The number of aryl methyl sites for hydroxylation is 2. The molecule has 1 amide bonds. The monoisotopic (exact) mass is 277 g/mol. The van der Waals surface area contributed by atoms with Crippen molar-refractivity contribution in [2.75, 3.05) is 19.6 Å². The molecule has 2 unspecified atom stereocenters. The van der Waals surface area contributed by atoms with Gasteiger partial charge in [0.2, 0.25) is 5.91 Å². The average molecular weight is 277 g/mol. The van der Waals surface area contributed by atoms with Crippen LogP contribution in [0, 0.1) is 0 Å². The van der Waals surface area contributed by atoms with Crippen LogP contribution >= 0.6 is 0 Å². The minimum Gasteiger partial charge on any atom is -0.337 e. The maximum atomic E-state index is 12.4. The Morgan fingerprint density at radius 2 is 2.30 bits per heavy atom. The molecule has 2 atom stereocenters. The molecule has 6 nitrogen and oxygen atoms in total. The first-order chi connectivity index (χ1) is 9.63. The van der Waals surface area contributed by atoms with E-state index in [4.69, 9.17) is 0 Å². The molecule has 0 bridgehead atoms. The third-order valence-corrected chi connectivity index (χ3v) is 4.50. The number of fused-ring (bicyclic) bond motifs is 1. The normalized spacial score (nSPS) is 26.8. The SMILES string of the molecule is CC1CN2CCCC2CN1C(=O)CCc1cn(C)nn1. The molecule has 110 valence electrons. The van der Waals surface area contributed by atoms with Crippen molar-refractivity contribution < 1.29 is 4.79 Å². The van der Waals surface area contributed by atoms with E-state index >= 15 is 0 Å². The van der Waals surface area contributed by atoms with Crippen LogP contribution in [-0.4, -0.2) is 62.4 Å². The Morgan fingerprint density at radius 1 is 1.45 bits per heavy atom. The summed E-state index contributed by atoms with van der Waals surface area (Å²) in [6, 6.07) is 0.922. The fourth-order valence-corrected chi connectivity index (χ4v) is 3.42. The Morgan fingerprint density at radius 3 is 3.05 bits per heavy atom. The fraction of sp³-hybridized carbons (Fsp3) is 0.786. The van der Waals surface area contributed by atoms with Crippen molar-refractivity contribution >= 4 is 5.91 Å². The zero-order valence-corrected chi connectivity index (χ0v) is 12.3. The fourth-order valence-electron chi connectivity index (χ4n) is 3.42. The van der Waals surface area contributed by atoms with E-state index in [1.54, 1.807) is 4.68 Å². The Kier molecular flexibility index (Phi) is 3.74. The second-order valence-corrected chi connectivity index (χ2v) is 6.07. The zero-order valence-electron chi connectivity index (χ0n) is 12.3. The van der Waals surface area contributed by atoms with Crippen LogP contribution in [0.15, 0.2) is 6.20 Å². The number of amides is 1. The van der Waals surface area contributed by atoms with Crippen molar-refractivity contribution in [3.05, 3.63) is 11.9 Å². The van der Waals surface area contributed by atoms with Crippen molar-refractivity contribution in [1.82, 2.24) is 24.8 Å². The first kappa shape index (κ1) is 13.5. The molecule has 1 aromatic heterocycles. The van der Waals surface area contributed by atoms with E-state index in [2.05, 4.69) is 27.0 Å². The summed E-state index contributed by atoms with van der Waals surface area (Å²) in [5.41, 5.74) is 0.896. The van der Waals surface area contributed by atoms with Crippen LogP contribution in [0.2, 0.25) is 0 Å². The van der Waals surface area contributed by atoms with Gasteiger partial charge in [0.15, 0.2) is 0 Å². The van der Waals surface area contributed by atoms with Gasteiger partial charge >= 0.3 is 0 Å². The van der Waals surface area contributed by atoms with Crippen molar-refractivity contribution in [2.45, 2.75) is 44.7 Å². The highest BCUT2D eigenvalue weighted by Gasteiger charge is 2.36. The molecule has 6 heteroatoms. The lowest BCUT2D eigenvalue weighted by Crippen LogP contribution is -2.56. The lowest BCUT2D eigenvalue weighted by atomic mass is 10.1. The van der Waals surface area contributed by atoms with Crippen molar-refractivity contribution in [3.63, 3.8) is 0 Å². The predicted octanol–water partition coefficient (Wildman–Crippen LogP) is 0.443. The number of aromatic nitrogens is 3. The van der Waals surface area contributed by atoms with Gasteiger partial charge in [-0.1, -0.05) is 5.21 Å². The highest BCUT2D eigenvalue weighted by Crippen LogP contribution is 2.25. The Labute approximate surface area is 119 Å².